The Morgan fingerprint density at radius 3 is 2.26 bits per heavy atom. The summed E-state index contributed by atoms with van der Waals surface area (Å²) in [6.45, 7) is 6.00. The average Bonchev–Trinajstić information content (AvgIpc) is 2.78. The predicted molar refractivity (Wildman–Crippen MR) is 118 cm³/mol. The molecule has 8 nitrogen and oxygen atoms in total. The van der Waals surface area contributed by atoms with Gasteiger partial charge in [-0.2, -0.15) is 0 Å². The molecule has 1 aromatic rings. The highest BCUT2D eigenvalue weighted by Crippen LogP contribution is 2.26. The Balaban J connectivity index is 1.39. The number of carbonyl (C=O) groups excluding carboxylic acids is 2. The van der Waals surface area contributed by atoms with Crippen molar-refractivity contribution < 1.29 is 18.0 Å². The number of rotatable bonds is 3. The fourth-order valence-electron chi connectivity index (χ4n) is 4.00. The van der Waals surface area contributed by atoms with Gasteiger partial charge in [-0.15, -0.1) is 4.40 Å². The molecule has 1 saturated heterocycles. The molecule has 0 bridgehead atoms. The maximum atomic E-state index is 13.1. The van der Waals surface area contributed by atoms with Crippen LogP contribution in [-0.2, 0) is 25.0 Å². The number of amidine groups is 1. The van der Waals surface area contributed by atoms with Gasteiger partial charge in [-0.1, -0.05) is 30.3 Å². The number of amides is 2. The molecule has 0 N–H and O–H groups in total. The van der Waals surface area contributed by atoms with E-state index in [4.69, 9.17) is 0 Å². The normalized spacial score (nSPS) is 20.6. The summed E-state index contributed by atoms with van der Waals surface area (Å²) in [4.78, 5) is 31.4. The Morgan fingerprint density at radius 2 is 1.58 bits per heavy atom. The third kappa shape index (κ3) is 4.27. The van der Waals surface area contributed by atoms with Gasteiger partial charge in [0.05, 0.1) is 16.7 Å². The molecule has 0 unspecified atom stereocenters. The first kappa shape index (κ1) is 21.3. The zero-order valence-electron chi connectivity index (χ0n) is 17.7. The molecular weight excluding hydrogens is 416 g/mol. The molecule has 0 atom stereocenters. The van der Waals surface area contributed by atoms with Gasteiger partial charge in [0.1, 0.15) is 5.84 Å². The average molecular weight is 443 g/mol. The first-order chi connectivity index (χ1) is 14.7. The minimum Gasteiger partial charge on any atom is -0.338 e. The molecule has 0 spiro atoms. The summed E-state index contributed by atoms with van der Waals surface area (Å²) in [6, 6.07) is 9.72. The third-order valence-electron chi connectivity index (χ3n) is 5.96. The van der Waals surface area contributed by atoms with E-state index in [1.807, 2.05) is 49.1 Å². The number of carbonyl (C=O) groups is 2. The maximum Gasteiger partial charge on any atom is 0.256 e. The van der Waals surface area contributed by atoms with E-state index >= 15 is 0 Å². The molecule has 0 aromatic heterocycles. The van der Waals surface area contributed by atoms with E-state index in [1.54, 1.807) is 28.2 Å². The molecule has 3 aliphatic rings. The lowest BCUT2D eigenvalue weighted by Gasteiger charge is -2.39. The van der Waals surface area contributed by atoms with E-state index in [-0.39, 0.29) is 24.1 Å². The van der Waals surface area contributed by atoms with Crippen molar-refractivity contribution in [2.45, 2.75) is 19.3 Å². The van der Waals surface area contributed by atoms with Crippen LogP contribution in [0.4, 0.5) is 0 Å². The van der Waals surface area contributed by atoms with Crippen molar-refractivity contribution in [3.05, 3.63) is 59.8 Å². The summed E-state index contributed by atoms with van der Waals surface area (Å²) < 4.78 is 27.0. The number of sulfonamides is 1. The van der Waals surface area contributed by atoms with E-state index < -0.39 is 15.4 Å². The number of hydrogen-bond acceptors (Lipinski definition) is 5. The largest absolute Gasteiger partial charge is 0.338 e. The summed E-state index contributed by atoms with van der Waals surface area (Å²) in [5.41, 5.74) is 0.825. The summed E-state index contributed by atoms with van der Waals surface area (Å²) >= 11 is 0. The number of fused-ring (bicyclic) bond motifs is 1. The molecule has 2 amide bonds. The zero-order chi connectivity index (χ0) is 22.2. The first-order valence-electron chi connectivity index (χ1n) is 10.3. The molecular formula is C22H26N4O4S. The Hall–Kier alpha value is -2.94. The predicted octanol–water partition coefficient (Wildman–Crippen LogP) is 1.13. The van der Waals surface area contributed by atoms with Crippen molar-refractivity contribution in [1.29, 1.82) is 0 Å². The van der Waals surface area contributed by atoms with Gasteiger partial charge < -0.3 is 14.7 Å². The van der Waals surface area contributed by atoms with Crippen molar-refractivity contribution in [3.63, 3.8) is 0 Å². The lowest BCUT2D eigenvalue weighted by molar-refractivity contribution is -0.141. The number of hydrogen-bond donors (Lipinski definition) is 0. The smallest absolute Gasteiger partial charge is 0.256 e. The summed E-state index contributed by atoms with van der Waals surface area (Å²) in [6.07, 6.45) is 4.83. The molecule has 3 aliphatic heterocycles. The third-order valence-corrected chi connectivity index (χ3v) is 7.12. The molecule has 4 rings (SSSR count). The fraction of sp³-hybridized carbons (Fsp3) is 0.409. The van der Waals surface area contributed by atoms with Crippen LogP contribution in [0.15, 0.2) is 58.7 Å². The quantitative estimate of drug-likeness (QED) is 0.700. The van der Waals surface area contributed by atoms with Crippen LogP contribution in [0.2, 0.25) is 0 Å². The minimum atomic E-state index is -3.42. The molecule has 0 radical (unpaired) electrons. The van der Waals surface area contributed by atoms with Gasteiger partial charge in [0.15, 0.2) is 0 Å². The molecule has 1 fully saturated rings. The van der Waals surface area contributed by atoms with Crippen LogP contribution >= 0.6 is 0 Å². The first-order valence-corrected chi connectivity index (χ1v) is 11.9. The van der Waals surface area contributed by atoms with Gasteiger partial charge in [0.2, 0.25) is 5.91 Å². The molecule has 3 heterocycles. The van der Waals surface area contributed by atoms with Crippen molar-refractivity contribution >= 4 is 27.7 Å². The lowest BCUT2D eigenvalue weighted by atomic mass is 9.83. The summed E-state index contributed by atoms with van der Waals surface area (Å²) in [5.74, 6) is 0.192. The Morgan fingerprint density at radius 1 is 0.935 bits per heavy atom. The highest BCUT2D eigenvalue weighted by molar-refractivity contribution is 7.90. The van der Waals surface area contributed by atoms with Crippen molar-refractivity contribution in [2.24, 2.45) is 4.40 Å². The minimum absolute atomic E-state index is 0.0537. The second kappa shape index (κ2) is 7.96. The summed E-state index contributed by atoms with van der Waals surface area (Å²) in [7, 11) is -3.42. The van der Waals surface area contributed by atoms with E-state index in [0.29, 0.717) is 37.6 Å². The highest BCUT2D eigenvalue weighted by Gasteiger charge is 2.36. The van der Waals surface area contributed by atoms with Crippen molar-refractivity contribution in [2.75, 3.05) is 38.5 Å². The molecule has 0 aliphatic carbocycles. The molecule has 31 heavy (non-hydrogen) atoms. The van der Waals surface area contributed by atoms with Gasteiger partial charge >= 0.3 is 0 Å². The Kier molecular flexibility index (Phi) is 5.47. The van der Waals surface area contributed by atoms with Crippen LogP contribution in [0.3, 0.4) is 0 Å². The van der Waals surface area contributed by atoms with E-state index in [2.05, 4.69) is 4.40 Å². The topological polar surface area (TPSA) is 90.4 Å². The van der Waals surface area contributed by atoms with Gasteiger partial charge in [-0.05, 0) is 31.6 Å². The second-order valence-corrected chi connectivity index (χ2v) is 10.2. The zero-order valence-corrected chi connectivity index (χ0v) is 18.5. The van der Waals surface area contributed by atoms with Crippen LogP contribution in [0.1, 0.15) is 19.4 Å². The van der Waals surface area contributed by atoms with Crippen LogP contribution < -0.4 is 0 Å². The van der Waals surface area contributed by atoms with E-state index in [9.17, 15) is 18.0 Å². The van der Waals surface area contributed by atoms with Crippen molar-refractivity contribution in [1.82, 2.24) is 14.7 Å². The number of benzene rings is 1. The molecule has 1 aromatic carbocycles. The number of nitrogens with zero attached hydrogens (tertiary/aromatic N) is 4. The fourth-order valence-corrected chi connectivity index (χ4v) is 4.97. The van der Waals surface area contributed by atoms with Crippen LogP contribution in [0.5, 0.6) is 0 Å². The maximum absolute atomic E-state index is 13.1. The molecule has 164 valence electrons. The molecule has 0 saturated carbocycles. The monoisotopic (exact) mass is 442 g/mol. The standard InChI is InChI=1S/C22H26N4O4S/c1-22(2,18-6-4-3-5-7-18)21(28)25-12-10-24(11-13-25)20(27)17-8-9-19-23-31(29,30)15-14-26(19)16-17/h3-9,16H,10-15H2,1-2H3. The second-order valence-electron chi connectivity index (χ2n) is 8.42. The SMILES string of the molecule is CC(C)(C(=O)N1CCN(C(=O)C2=CN3CCS(=O)(=O)N=C3C=C2)CC1)c1ccccc1. The number of piperazine rings is 1. The Labute approximate surface area is 182 Å². The van der Waals surface area contributed by atoms with Crippen LogP contribution in [0.25, 0.3) is 0 Å². The van der Waals surface area contributed by atoms with Gasteiger partial charge in [-0.25, -0.2) is 8.42 Å². The van der Waals surface area contributed by atoms with E-state index in [1.165, 1.54) is 0 Å². The van der Waals surface area contributed by atoms with Gasteiger partial charge in [-0.3, -0.25) is 9.59 Å². The van der Waals surface area contributed by atoms with Gasteiger partial charge in [0, 0.05) is 38.9 Å². The Bertz CT molecular complexity index is 1080. The van der Waals surface area contributed by atoms with Crippen LogP contribution in [0, 0.1) is 0 Å². The lowest BCUT2D eigenvalue weighted by Crippen LogP contribution is -2.54. The summed E-state index contributed by atoms with van der Waals surface area (Å²) in [5, 5.41) is 0. The molecule has 9 heteroatoms. The van der Waals surface area contributed by atoms with Crippen molar-refractivity contribution in [3.8, 4) is 0 Å². The highest BCUT2D eigenvalue weighted by atomic mass is 32.2. The van der Waals surface area contributed by atoms with Gasteiger partial charge in [0.25, 0.3) is 15.9 Å². The van der Waals surface area contributed by atoms with Crippen LogP contribution in [-0.4, -0.2) is 79.2 Å². The van der Waals surface area contributed by atoms with E-state index in [0.717, 1.165) is 5.56 Å².